The lowest BCUT2D eigenvalue weighted by Gasteiger charge is -2.30. The molecule has 5 rings (SSSR count). The first kappa shape index (κ1) is 32.0. The number of thiocarbonyl (C=S) groups is 1. The molecular formula is C35H34N4O6S. The number of rotatable bonds is 12. The second kappa shape index (κ2) is 15.0. The van der Waals surface area contributed by atoms with Gasteiger partial charge in [0.2, 0.25) is 0 Å². The van der Waals surface area contributed by atoms with Crippen molar-refractivity contribution in [2.75, 3.05) is 20.3 Å². The van der Waals surface area contributed by atoms with E-state index >= 15 is 0 Å². The zero-order valence-electron chi connectivity index (χ0n) is 25.7. The summed E-state index contributed by atoms with van der Waals surface area (Å²) in [7, 11) is 1.57. The van der Waals surface area contributed by atoms with Gasteiger partial charge in [-0.3, -0.25) is 4.79 Å². The van der Waals surface area contributed by atoms with Gasteiger partial charge < -0.3 is 29.6 Å². The quantitative estimate of drug-likeness (QED) is 0.0821. The van der Waals surface area contributed by atoms with E-state index in [1.54, 1.807) is 51.3 Å². The zero-order valence-corrected chi connectivity index (χ0v) is 26.5. The van der Waals surface area contributed by atoms with Gasteiger partial charge >= 0.3 is 5.97 Å². The number of ether oxygens (including phenoxy) is 4. The Morgan fingerprint density at radius 1 is 0.957 bits per heavy atom. The van der Waals surface area contributed by atoms with Gasteiger partial charge in [-0.1, -0.05) is 60.7 Å². The molecule has 3 N–H and O–H groups in total. The smallest absolute Gasteiger partial charge is 0.338 e. The van der Waals surface area contributed by atoms with E-state index in [0.29, 0.717) is 51.4 Å². The average Bonchev–Trinajstić information content (AvgIpc) is 3.06. The van der Waals surface area contributed by atoms with Crippen LogP contribution in [0.3, 0.4) is 0 Å². The Bertz CT molecular complexity index is 1820. The summed E-state index contributed by atoms with van der Waals surface area (Å²) in [5, 5.41) is 12.8. The van der Waals surface area contributed by atoms with Gasteiger partial charge in [-0.05, 0) is 72.2 Å². The van der Waals surface area contributed by atoms with Crippen molar-refractivity contribution in [2.24, 2.45) is 5.10 Å². The van der Waals surface area contributed by atoms with Crippen molar-refractivity contribution in [3.8, 4) is 17.2 Å². The first-order valence-electron chi connectivity index (χ1n) is 14.6. The van der Waals surface area contributed by atoms with Crippen LogP contribution in [0.5, 0.6) is 17.2 Å². The second-order valence-electron chi connectivity index (χ2n) is 10.2. The molecule has 0 fully saturated rings. The first-order valence-corrected chi connectivity index (χ1v) is 15.0. The molecule has 0 bridgehead atoms. The van der Waals surface area contributed by atoms with Crippen molar-refractivity contribution < 1.29 is 28.5 Å². The minimum absolute atomic E-state index is 0.224. The van der Waals surface area contributed by atoms with E-state index in [1.165, 1.54) is 6.21 Å². The summed E-state index contributed by atoms with van der Waals surface area (Å²) in [6, 6.07) is 26.2. The van der Waals surface area contributed by atoms with Crippen LogP contribution in [-0.4, -0.2) is 43.5 Å². The highest BCUT2D eigenvalue weighted by Crippen LogP contribution is 2.34. The summed E-state index contributed by atoms with van der Waals surface area (Å²) < 4.78 is 22.8. The number of carbonyl (C=O) groups excluding carboxylic acids is 2. The number of carbonyl (C=O) groups is 2. The standard InChI is InChI=1S/C35H34N4O6S/c1-4-43-34(41)32-22(2)37-35(46)38-33(32)27-14-7-8-15-28(27)45-21-31(40)39-36-19-23-16-17-29(30(18-23)42-3)44-20-25-12-9-11-24-10-5-6-13-26(24)25/h5-19,33H,4,20-21H2,1-3H3,(H,39,40)(H2,37,38,46)/t33-/m0/s1. The number of benzene rings is 4. The Morgan fingerprint density at radius 3 is 2.57 bits per heavy atom. The van der Waals surface area contributed by atoms with Gasteiger partial charge in [0.1, 0.15) is 12.4 Å². The molecule has 1 aliphatic rings. The molecule has 0 aromatic heterocycles. The number of nitrogens with one attached hydrogen (secondary N) is 3. The lowest BCUT2D eigenvalue weighted by Crippen LogP contribution is -2.45. The number of fused-ring (bicyclic) bond motifs is 1. The molecule has 0 saturated carbocycles. The summed E-state index contributed by atoms with van der Waals surface area (Å²) in [6.07, 6.45) is 1.50. The fraction of sp³-hybridized carbons (Fsp3) is 0.200. The molecular weight excluding hydrogens is 604 g/mol. The van der Waals surface area contributed by atoms with Crippen LogP contribution in [0, 0.1) is 0 Å². The van der Waals surface area contributed by atoms with E-state index in [2.05, 4.69) is 39.4 Å². The molecule has 1 amide bonds. The Kier molecular flexibility index (Phi) is 10.5. The maximum absolute atomic E-state index is 12.8. The van der Waals surface area contributed by atoms with Crippen molar-refractivity contribution in [3.05, 3.63) is 113 Å². The number of hydrazone groups is 1. The fourth-order valence-electron chi connectivity index (χ4n) is 5.07. The highest BCUT2D eigenvalue weighted by molar-refractivity contribution is 7.80. The molecule has 4 aromatic carbocycles. The largest absolute Gasteiger partial charge is 0.493 e. The SMILES string of the molecule is CCOC(=O)C1=C(C)NC(=S)N[C@H]1c1ccccc1OCC(=O)NN=Cc1ccc(OCc2cccc3ccccc23)c(OC)c1. The number of hydrogen-bond acceptors (Lipinski definition) is 8. The minimum atomic E-state index is -0.626. The zero-order chi connectivity index (χ0) is 32.5. The molecule has 0 unspecified atom stereocenters. The van der Waals surface area contributed by atoms with Crippen molar-refractivity contribution in [1.29, 1.82) is 0 Å². The third-order valence-corrected chi connectivity index (χ3v) is 7.43. The van der Waals surface area contributed by atoms with Gasteiger partial charge in [0.05, 0.1) is 31.5 Å². The number of methoxy groups -OCH3 is 1. The van der Waals surface area contributed by atoms with E-state index < -0.39 is 17.9 Å². The molecule has 10 nitrogen and oxygen atoms in total. The Labute approximate surface area is 272 Å². The topological polar surface area (TPSA) is 120 Å². The third-order valence-electron chi connectivity index (χ3n) is 7.21. The molecule has 4 aromatic rings. The molecule has 0 saturated heterocycles. The van der Waals surface area contributed by atoms with Crippen LogP contribution in [0.1, 0.15) is 36.6 Å². The number of esters is 1. The Balaban J connectivity index is 1.20. The van der Waals surface area contributed by atoms with Gasteiger partial charge in [0, 0.05) is 11.3 Å². The molecule has 1 heterocycles. The Hall–Kier alpha value is -5.42. The predicted octanol–water partition coefficient (Wildman–Crippen LogP) is 5.31. The van der Waals surface area contributed by atoms with Crippen LogP contribution in [0.4, 0.5) is 0 Å². The molecule has 46 heavy (non-hydrogen) atoms. The summed E-state index contributed by atoms with van der Waals surface area (Å²) in [5.74, 6) is 0.577. The van der Waals surface area contributed by atoms with Crippen LogP contribution >= 0.6 is 12.2 Å². The predicted molar refractivity (Wildman–Crippen MR) is 180 cm³/mol. The van der Waals surface area contributed by atoms with E-state index in [-0.39, 0.29) is 13.2 Å². The normalized spacial score (nSPS) is 14.4. The molecule has 236 valence electrons. The maximum Gasteiger partial charge on any atom is 0.338 e. The van der Waals surface area contributed by atoms with Crippen molar-refractivity contribution in [2.45, 2.75) is 26.5 Å². The summed E-state index contributed by atoms with van der Waals surface area (Å²) >= 11 is 5.33. The van der Waals surface area contributed by atoms with E-state index in [9.17, 15) is 9.59 Å². The van der Waals surface area contributed by atoms with Crippen molar-refractivity contribution in [3.63, 3.8) is 0 Å². The van der Waals surface area contributed by atoms with Gasteiger partial charge in [-0.15, -0.1) is 0 Å². The molecule has 0 radical (unpaired) electrons. The lowest BCUT2D eigenvalue weighted by atomic mass is 9.95. The average molecular weight is 639 g/mol. The third kappa shape index (κ3) is 7.62. The summed E-state index contributed by atoms with van der Waals surface area (Å²) in [4.78, 5) is 25.4. The van der Waals surface area contributed by atoms with Gasteiger partial charge in [-0.2, -0.15) is 5.10 Å². The number of hydrogen-bond donors (Lipinski definition) is 3. The van der Waals surface area contributed by atoms with Gasteiger partial charge in [0.25, 0.3) is 5.91 Å². The van der Waals surface area contributed by atoms with Crippen LogP contribution in [0.2, 0.25) is 0 Å². The fourth-order valence-corrected chi connectivity index (χ4v) is 5.34. The summed E-state index contributed by atoms with van der Waals surface area (Å²) in [5.41, 5.74) is 5.82. The summed E-state index contributed by atoms with van der Waals surface area (Å²) in [6.45, 7) is 3.78. The van der Waals surface area contributed by atoms with E-state index in [4.69, 9.17) is 31.2 Å². The molecule has 1 aliphatic heterocycles. The number of para-hydroxylation sites is 1. The highest BCUT2D eigenvalue weighted by atomic mass is 32.1. The monoisotopic (exact) mass is 638 g/mol. The molecule has 1 atom stereocenters. The molecule has 0 spiro atoms. The van der Waals surface area contributed by atoms with Crippen LogP contribution in [0.15, 0.2) is 101 Å². The van der Waals surface area contributed by atoms with Crippen LogP contribution in [0.25, 0.3) is 10.8 Å². The first-order chi connectivity index (χ1) is 22.4. The second-order valence-corrected chi connectivity index (χ2v) is 10.7. The molecule has 0 aliphatic carbocycles. The number of allylic oxidation sites excluding steroid dienone is 1. The Morgan fingerprint density at radius 2 is 1.74 bits per heavy atom. The van der Waals surface area contributed by atoms with E-state index in [0.717, 1.165) is 16.3 Å². The number of amides is 1. The van der Waals surface area contributed by atoms with Crippen molar-refractivity contribution >= 4 is 46.2 Å². The minimum Gasteiger partial charge on any atom is -0.493 e. The van der Waals surface area contributed by atoms with Gasteiger partial charge in [-0.25, -0.2) is 10.2 Å². The molecule has 11 heteroatoms. The van der Waals surface area contributed by atoms with Gasteiger partial charge in [0.15, 0.2) is 23.2 Å². The van der Waals surface area contributed by atoms with Crippen LogP contribution < -0.4 is 30.3 Å². The van der Waals surface area contributed by atoms with Crippen LogP contribution in [-0.2, 0) is 20.9 Å². The number of nitrogens with zero attached hydrogens (tertiary/aromatic N) is 1. The van der Waals surface area contributed by atoms with Crippen molar-refractivity contribution in [1.82, 2.24) is 16.1 Å². The lowest BCUT2D eigenvalue weighted by molar-refractivity contribution is -0.139. The van der Waals surface area contributed by atoms with E-state index in [1.807, 2.05) is 36.4 Å². The highest BCUT2D eigenvalue weighted by Gasteiger charge is 2.32. The maximum atomic E-state index is 12.8.